The predicted octanol–water partition coefficient (Wildman–Crippen LogP) is 15.6. The maximum Gasteiger partial charge on any atom is 0.264 e. The Morgan fingerprint density at radius 1 is 0.477 bits per heavy atom. The molecule has 3 heterocycles. The van der Waals surface area contributed by atoms with Crippen LogP contribution in [0.25, 0.3) is 10.1 Å². The number of hydrogen-bond donors (Lipinski definition) is 0. The van der Waals surface area contributed by atoms with Crippen molar-refractivity contribution in [1.82, 2.24) is 0 Å². The average Bonchev–Trinajstić information content (AvgIpc) is 3.60. The lowest BCUT2D eigenvalue weighted by Gasteiger charge is -2.46. The lowest BCUT2D eigenvalue weighted by molar-refractivity contribution is 0.332. The monoisotopic (exact) mass is 877 g/mol. The summed E-state index contributed by atoms with van der Waals surface area (Å²) in [7, 11) is 0. The number of benzene rings is 5. The minimum atomic E-state index is 0.000213. The van der Waals surface area contributed by atoms with Gasteiger partial charge >= 0.3 is 0 Å². The molecular formula is C61H73BN2S. The average molecular weight is 877 g/mol. The summed E-state index contributed by atoms with van der Waals surface area (Å²) in [5, 5.41) is 1.41. The summed E-state index contributed by atoms with van der Waals surface area (Å²) in [4.78, 5) is 5.43. The number of aryl methyl sites for hydroxylation is 1. The van der Waals surface area contributed by atoms with Crippen LogP contribution in [0.3, 0.4) is 0 Å². The number of thiophene rings is 1. The lowest BCUT2D eigenvalue weighted by Crippen LogP contribution is -2.60. The van der Waals surface area contributed by atoms with Crippen molar-refractivity contribution in [3.8, 4) is 0 Å². The van der Waals surface area contributed by atoms with Crippen molar-refractivity contribution in [2.45, 2.75) is 187 Å². The molecule has 0 saturated heterocycles. The number of rotatable bonds is 2. The Balaban J connectivity index is 1.25. The molecule has 2 nitrogen and oxygen atoms in total. The largest absolute Gasteiger partial charge is 0.311 e. The number of nitrogens with zero attached hydrogens (tertiary/aromatic N) is 2. The first kappa shape index (κ1) is 43.3. The van der Waals surface area contributed by atoms with Gasteiger partial charge in [-0.2, -0.15) is 0 Å². The van der Waals surface area contributed by atoms with Crippen LogP contribution in [0.5, 0.6) is 0 Å². The van der Waals surface area contributed by atoms with Crippen molar-refractivity contribution in [3.63, 3.8) is 0 Å². The zero-order valence-corrected chi connectivity index (χ0v) is 43.4. The molecule has 0 amide bonds. The first-order chi connectivity index (χ1) is 30.2. The Kier molecular flexibility index (Phi) is 8.96. The van der Waals surface area contributed by atoms with Gasteiger partial charge in [-0.25, -0.2) is 0 Å². The quantitative estimate of drug-likeness (QED) is 0.160. The summed E-state index contributed by atoms with van der Waals surface area (Å²) in [6.07, 6.45) is 7.23. The van der Waals surface area contributed by atoms with Crippen LogP contribution in [0, 0.1) is 6.92 Å². The first-order valence-corrected chi connectivity index (χ1v) is 25.8. The third-order valence-electron chi connectivity index (χ3n) is 17.8. The van der Waals surface area contributed by atoms with Crippen LogP contribution in [0.1, 0.15) is 187 Å². The molecule has 4 heteroatoms. The molecule has 0 N–H and O–H groups in total. The summed E-state index contributed by atoms with van der Waals surface area (Å²) < 4.78 is 2.90. The van der Waals surface area contributed by atoms with Gasteiger partial charge in [-0.3, -0.25) is 0 Å². The van der Waals surface area contributed by atoms with Crippen LogP contribution < -0.4 is 25.5 Å². The molecule has 3 aliphatic carbocycles. The van der Waals surface area contributed by atoms with Crippen LogP contribution >= 0.6 is 11.3 Å². The summed E-state index contributed by atoms with van der Waals surface area (Å²) in [5.74, 6) is 0. The molecule has 0 unspecified atom stereocenters. The molecule has 5 aliphatic rings. The highest BCUT2D eigenvalue weighted by Crippen LogP contribution is 2.55. The fourth-order valence-corrected chi connectivity index (χ4v) is 14.5. The second-order valence-electron chi connectivity index (χ2n) is 26.3. The second kappa shape index (κ2) is 13.5. The lowest BCUT2D eigenvalue weighted by atomic mass is 9.36. The molecule has 0 atom stereocenters. The Morgan fingerprint density at radius 3 is 1.43 bits per heavy atom. The van der Waals surface area contributed by atoms with E-state index in [1.807, 2.05) is 0 Å². The van der Waals surface area contributed by atoms with Crippen LogP contribution in [0.4, 0.5) is 34.1 Å². The van der Waals surface area contributed by atoms with Crippen LogP contribution in [0.15, 0.2) is 78.9 Å². The van der Waals surface area contributed by atoms with E-state index in [0.717, 1.165) is 0 Å². The molecule has 11 rings (SSSR count). The molecule has 0 spiro atoms. The molecule has 65 heavy (non-hydrogen) atoms. The van der Waals surface area contributed by atoms with E-state index in [1.165, 1.54) is 137 Å². The molecule has 1 aromatic heterocycles. The van der Waals surface area contributed by atoms with Gasteiger partial charge in [0, 0.05) is 43.3 Å². The Bertz CT molecular complexity index is 3020. The minimum absolute atomic E-state index is 0.000213. The van der Waals surface area contributed by atoms with Crippen LogP contribution in [-0.2, 0) is 37.9 Å². The summed E-state index contributed by atoms with van der Waals surface area (Å²) >= 11 is 2.07. The van der Waals surface area contributed by atoms with Crippen molar-refractivity contribution in [2.24, 2.45) is 0 Å². The van der Waals surface area contributed by atoms with Crippen molar-refractivity contribution >= 4 is 78.0 Å². The van der Waals surface area contributed by atoms with E-state index in [2.05, 4.69) is 211 Å². The van der Waals surface area contributed by atoms with Crippen molar-refractivity contribution in [2.75, 3.05) is 9.80 Å². The van der Waals surface area contributed by atoms with Crippen molar-refractivity contribution < 1.29 is 0 Å². The third-order valence-corrected chi connectivity index (χ3v) is 19.0. The van der Waals surface area contributed by atoms with Crippen molar-refractivity contribution in [1.29, 1.82) is 0 Å². The first-order valence-electron chi connectivity index (χ1n) is 25.0. The minimum Gasteiger partial charge on any atom is -0.311 e. The van der Waals surface area contributed by atoms with Crippen LogP contribution in [-0.4, -0.2) is 6.71 Å². The molecule has 336 valence electrons. The fraction of sp³-hybridized carbons (Fsp3) is 0.475. The maximum atomic E-state index is 2.74. The summed E-state index contributed by atoms with van der Waals surface area (Å²) in [5.41, 5.74) is 23.3. The molecule has 6 aromatic rings. The fourth-order valence-electron chi connectivity index (χ4n) is 13.1. The molecule has 0 radical (unpaired) electrons. The van der Waals surface area contributed by atoms with E-state index in [0.29, 0.717) is 0 Å². The zero-order valence-electron chi connectivity index (χ0n) is 42.6. The Labute approximate surface area is 396 Å². The molecule has 0 bridgehead atoms. The van der Waals surface area contributed by atoms with E-state index in [-0.39, 0.29) is 44.6 Å². The highest BCUT2D eigenvalue weighted by atomic mass is 32.1. The number of fused-ring (bicyclic) bond motifs is 9. The number of hydrogen-bond acceptors (Lipinski definition) is 3. The van der Waals surface area contributed by atoms with Gasteiger partial charge in [-0.15, -0.1) is 11.3 Å². The van der Waals surface area contributed by atoms with Crippen LogP contribution in [0.2, 0.25) is 0 Å². The standard InChI is InChI=1S/C61H73BN2S/c1-36-29-49-52-50(30-36)64(39-19-21-42-44(33-39)59(11,12)26-24-57(42,7)8)53-40-34-45-46(61(15,16)28-27-60(45,13)14)35-51(40)65-54(53)62(52)47-22-17-37(55(2,3)4)31-48(47)63(49)38-18-20-41-43(32-38)58(9,10)25-23-56(41,5)6/h17-22,29-35H,23-28H2,1-16H3. The van der Waals surface area contributed by atoms with Crippen molar-refractivity contribution in [3.05, 3.63) is 123 Å². The van der Waals surface area contributed by atoms with Gasteiger partial charge in [0.15, 0.2) is 0 Å². The normalized spacial score (nSPS) is 21.2. The van der Waals surface area contributed by atoms with E-state index >= 15 is 0 Å². The van der Waals surface area contributed by atoms with Gasteiger partial charge in [-0.1, -0.05) is 128 Å². The third kappa shape index (κ3) is 6.30. The maximum absolute atomic E-state index is 2.74. The van der Waals surface area contributed by atoms with Gasteiger partial charge in [0.25, 0.3) is 6.71 Å². The summed E-state index contributed by atoms with van der Waals surface area (Å²) in [6, 6.07) is 33.0. The van der Waals surface area contributed by atoms with Gasteiger partial charge in [0.2, 0.25) is 0 Å². The number of anilines is 6. The van der Waals surface area contributed by atoms with E-state index in [1.54, 1.807) is 5.56 Å². The molecular weight excluding hydrogens is 804 g/mol. The van der Waals surface area contributed by atoms with Gasteiger partial charge in [0.05, 0.1) is 5.69 Å². The topological polar surface area (TPSA) is 6.48 Å². The molecule has 2 aliphatic heterocycles. The predicted molar refractivity (Wildman–Crippen MR) is 285 cm³/mol. The Hall–Kier alpha value is -4.28. The smallest absolute Gasteiger partial charge is 0.264 e. The zero-order chi connectivity index (χ0) is 46.3. The van der Waals surface area contributed by atoms with Gasteiger partial charge in [-0.05, 0) is 193 Å². The molecule has 0 saturated carbocycles. The second-order valence-corrected chi connectivity index (χ2v) is 27.4. The van der Waals surface area contributed by atoms with Gasteiger partial charge in [0.1, 0.15) is 0 Å². The molecule has 0 fully saturated rings. The van der Waals surface area contributed by atoms with E-state index in [9.17, 15) is 0 Å². The SMILES string of the molecule is Cc1cc2c3c(c1)N(c1ccc4c(c1)C(C)(C)CCC4(C)C)c1c(sc4cc5c(cc14)C(C)(C)CCC5(C)C)B3c1ccc(C(C)(C)C)cc1N2c1ccc2c(c1)C(C)(C)CCC2(C)C. The van der Waals surface area contributed by atoms with E-state index in [4.69, 9.17) is 0 Å². The summed E-state index contributed by atoms with van der Waals surface area (Å²) in [6.45, 7) is 39.2. The highest BCUT2D eigenvalue weighted by Gasteiger charge is 2.48. The molecule has 5 aromatic carbocycles. The van der Waals surface area contributed by atoms with Gasteiger partial charge < -0.3 is 9.80 Å². The Morgan fingerprint density at radius 2 is 0.923 bits per heavy atom. The van der Waals surface area contributed by atoms with E-state index < -0.39 is 0 Å². The highest BCUT2D eigenvalue weighted by molar-refractivity contribution is 7.33.